The Labute approximate surface area is 592 Å². The van der Waals surface area contributed by atoms with Crippen LogP contribution in [-0.2, 0) is 72.0 Å². The molecule has 4 aromatic rings. The number of unbranched alkanes of at least 4 members (excludes halogenated alkanes) is 3. The summed E-state index contributed by atoms with van der Waals surface area (Å²) in [4.78, 5) is 162. The minimum absolute atomic E-state index is 0. The van der Waals surface area contributed by atoms with Gasteiger partial charge in [-0.05, 0) is 86.9 Å². The number of benzene rings is 3. The number of likely N-dealkylation sites (N-methyl/N-ethyl adjacent to an activating group) is 1. The third kappa shape index (κ3) is 27.5. The minimum Gasteiger partial charge on any atom is -0.508 e. The summed E-state index contributed by atoms with van der Waals surface area (Å²) >= 11 is 0. The molecule has 2 aliphatic rings. The molecule has 7 atom stereocenters. The largest absolute Gasteiger partial charge is 0.508 e. The standard InChI is InChI=1S/C66H94N14O16.Lu/c1-43(81)60-65(95)74-53(36-44-13-5-3-6-14-44)66(96)76(2)54(23-26-69-55(83)18-7-4-12-25-68-56(84)39-77-27-29-78(40-57(85)86)31-33-80(42-59(89)90)34-32-79(30-28-77)41-58(87)88)64(94)73-51(35-45-19-21-47(82)22-20-45)62(92)72-52(37-46-38-70-49-16-9-8-15-48(46)49)63(93)71-50(61(91)75-60)17-10-11-24-67;/h3,5-6,8-9,13-16,19-22,38,43,50-54,60,70,81-82H,4,7,10-12,17-18,23-37,39-42,67H2,1-2H3,(H,68,84)(H,69,83)(H,71,93)(H,72,92)(H,73,94)(H,74,95)(H,75,91)(H,85,86)(H,87,88)(H,89,90);/t43-,50+,51+,52-,53+,54+,60+;/m1./s1. The van der Waals surface area contributed by atoms with Crippen molar-refractivity contribution in [2.75, 3.05) is 105 Å². The van der Waals surface area contributed by atoms with E-state index in [4.69, 9.17) is 5.73 Å². The van der Waals surface area contributed by atoms with Crippen molar-refractivity contribution in [3.63, 3.8) is 0 Å². The number of carboxylic acid groups (broad SMARTS) is 3. The number of aromatic amines is 1. The summed E-state index contributed by atoms with van der Waals surface area (Å²) in [7, 11) is 1.33. The van der Waals surface area contributed by atoms with Gasteiger partial charge in [0, 0.05) is 152 Å². The zero-order chi connectivity index (χ0) is 69.7. The Morgan fingerprint density at radius 1 is 0.536 bits per heavy atom. The SMILES string of the molecule is C[C@@H](O)[C@@H]1NC(=O)[C@H](CCCCN)NC(=O)[C@@H](Cc2c[nH]c3ccccc23)NC(=O)[C@H](Cc2ccc(O)cc2)NC(=O)[C@H](CCNC(=O)CCCCCNC(=O)CN2CCN(CC(=O)O)CCN(CC(=O)O)CCN(CC(=O)O)CC2)N(C)C(=O)[C@H](Cc2ccccc2)NC1=O.[Lu]. The number of aromatic hydroxyl groups is 1. The van der Waals surface area contributed by atoms with Crippen LogP contribution in [0.4, 0.5) is 0 Å². The molecule has 539 valence electrons. The molecule has 2 saturated heterocycles. The number of aliphatic hydroxyl groups excluding tert-OH is 1. The van der Waals surface area contributed by atoms with Gasteiger partial charge in [0.25, 0.3) is 0 Å². The molecule has 1 radical (unpaired) electrons. The van der Waals surface area contributed by atoms with Crippen molar-refractivity contribution in [2.45, 2.75) is 120 Å². The third-order valence-electron chi connectivity index (χ3n) is 16.9. The van der Waals surface area contributed by atoms with Crippen LogP contribution < -0.4 is 43.0 Å². The topological polar surface area (TPSA) is 431 Å². The molecule has 2 fully saturated rings. The molecule has 0 aliphatic carbocycles. The number of aliphatic hydroxyl groups is 1. The summed E-state index contributed by atoms with van der Waals surface area (Å²) < 4.78 is 0. The molecule has 97 heavy (non-hydrogen) atoms. The fraction of sp³-hybridized carbons (Fsp3) is 0.530. The van der Waals surface area contributed by atoms with Crippen LogP contribution in [0.3, 0.4) is 0 Å². The number of amides is 8. The summed E-state index contributed by atoms with van der Waals surface area (Å²) in [6.45, 7) is 2.53. The van der Waals surface area contributed by atoms with Gasteiger partial charge in [0.05, 0.1) is 32.3 Å². The summed E-state index contributed by atoms with van der Waals surface area (Å²) in [6, 6.07) is 13.1. The monoisotopic (exact) mass is 1510 g/mol. The van der Waals surface area contributed by atoms with E-state index in [-0.39, 0.29) is 185 Å². The van der Waals surface area contributed by atoms with Gasteiger partial charge in [-0.15, -0.1) is 0 Å². The smallest absolute Gasteiger partial charge is 0.317 e. The molecule has 6 rings (SSSR count). The van der Waals surface area contributed by atoms with Crippen LogP contribution in [-0.4, -0.2) is 268 Å². The van der Waals surface area contributed by atoms with E-state index in [1.165, 1.54) is 26.1 Å². The fourth-order valence-electron chi connectivity index (χ4n) is 11.5. The number of fused-ring (bicyclic) bond motifs is 1. The Morgan fingerprint density at radius 2 is 1.03 bits per heavy atom. The van der Waals surface area contributed by atoms with E-state index < -0.39 is 102 Å². The number of phenolic OH excluding ortho intramolecular Hbond substituents is 1. The molecular weight excluding hydrogens is 1420 g/mol. The van der Waals surface area contributed by atoms with Crippen LogP contribution in [0.5, 0.6) is 5.75 Å². The summed E-state index contributed by atoms with van der Waals surface area (Å²) in [6.07, 6.45) is 1.72. The average molecular weight is 1510 g/mol. The maximum absolute atomic E-state index is 15.1. The van der Waals surface area contributed by atoms with Gasteiger partial charge >= 0.3 is 17.9 Å². The first-order chi connectivity index (χ1) is 46.0. The van der Waals surface area contributed by atoms with Gasteiger partial charge in [0.2, 0.25) is 47.3 Å². The van der Waals surface area contributed by atoms with Gasteiger partial charge < -0.3 is 78.4 Å². The number of aliphatic carboxylic acids is 3. The number of H-pyrrole nitrogens is 1. The number of nitrogens with two attached hydrogens (primary N) is 1. The van der Waals surface area contributed by atoms with Crippen molar-refractivity contribution in [1.82, 2.24) is 66.7 Å². The quantitative estimate of drug-likeness (QED) is 0.0283. The van der Waals surface area contributed by atoms with Gasteiger partial charge in [-0.2, -0.15) is 0 Å². The summed E-state index contributed by atoms with van der Waals surface area (Å²) in [5.41, 5.74) is 8.26. The molecule has 2 aliphatic heterocycles. The van der Waals surface area contributed by atoms with Crippen LogP contribution >= 0.6 is 0 Å². The molecule has 1 aromatic heterocycles. The molecule has 30 nitrogen and oxygen atoms in total. The first-order valence-electron chi connectivity index (χ1n) is 32.6. The number of para-hydroxylation sites is 1. The van der Waals surface area contributed by atoms with Crippen molar-refractivity contribution in [1.29, 1.82) is 0 Å². The number of hydrogen-bond acceptors (Lipinski definition) is 18. The second-order valence-electron chi connectivity index (χ2n) is 24.4. The van der Waals surface area contributed by atoms with Crippen molar-refractivity contribution in [3.8, 4) is 5.75 Å². The molecule has 3 aromatic carbocycles. The van der Waals surface area contributed by atoms with E-state index in [1.54, 1.807) is 74.3 Å². The molecular formula is C66H94LuN14O16. The van der Waals surface area contributed by atoms with Crippen LogP contribution in [0.1, 0.15) is 75.0 Å². The van der Waals surface area contributed by atoms with E-state index in [2.05, 4.69) is 42.2 Å². The summed E-state index contributed by atoms with van der Waals surface area (Å²) in [5.74, 6) is -9.10. The molecule has 8 amide bonds. The number of carboxylic acids is 3. The number of rotatable bonds is 28. The second-order valence-corrected chi connectivity index (χ2v) is 24.4. The van der Waals surface area contributed by atoms with E-state index in [1.807, 2.05) is 18.2 Å². The average Bonchev–Trinajstić information content (AvgIpc) is 1.81. The summed E-state index contributed by atoms with van der Waals surface area (Å²) in [5, 5.41) is 70.1. The Morgan fingerprint density at radius 3 is 1.61 bits per heavy atom. The van der Waals surface area contributed by atoms with Gasteiger partial charge in [0.1, 0.15) is 42.0 Å². The van der Waals surface area contributed by atoms with Crippen LogP contribution in [0, 0.1) is 36.9 Å². The number of nitrogens with zero attached hydrogens (tertiary/aromatic N) is 5. The normalized spacial score (nSPS) is 21.0. The fourth-order valence-corrected chi connectivity index (χ4v) is 11.5. The number of hydrogen-bond donors (Lipinski definition) is 14. The zero-order valence-electron chi connectivity index (χ0n) is 54.8. The van der Waals surface area contributed by atoms with Crippen molar-refractivity contribution >= 4 is 76.1 Å². The minimum atomic E-state index is -1.67. The first kappa shape index (κ1) is 79.8. The molecule has 3 heterocycles. The number of nitrogens with one attached hydrogen (secondary N) is 8. The van der Waals surface area contributed by atoms with Crippen LogP contribution in [0.2, 0.25) is 0 Å². The Hall–Kier alpha value is -7.84. The maximum Gasteiger partial charge on any atom is 0.317 e. The molecule has 0 spiro atoms. The predicted octanol–water partition coefficient (Wildman–Crippen LogP) is -1.67. The Balaban J connectivity index is 0.0000170. The number of carbonyl (C=O) groups excluding carboxylic acids is 8. The van der Waals surface area contributed by atoms with E-state index in [9.17, 15) is 68.7 Å². The van der Waals surface area contributed by atoms with Crippen LogP contribution in [0.15, 0.2) is 85.1 Å². The van der Waals surface area contributed by atoms with Gasteiger partial charge in [-0.25, -0.2) is 0 Å². The molecule has 15 N–H and O–H groups in total. The van der Waals surface area contributed by atoms with E-state index in [0.29, 0.717) is 48.8 Å². The van der Waals surface area contributed by atoms with E-state index >= 15 is 9.59 Å². The van der Waals surface area contributed by atoms with E-state index in [0.717, 1.165) is 15.8 Å². The molecule has 0 unspecified atom stereocenters. The number of carbonyl (C=O) groups is 11. The predicted molar refractivity (Wildman–Crippen MR) is 353 cm³/mol. The first-order valence-corrected chi connectivity index (χ1v) is 32.6. The van der Waals surface area contributed by atoms with Crippen molar-refractivity contribution in [3.05, 3.63) is 102 Å². The van der Waals surface area contributed by atoms with Crippen LogP contribution in [0.25, 0.3) is 10.9 Å². The van der Waals surface area contributed by atoms with Crippen molar-refractivity contribution < 1.29 is 115 Å². The Bertz CT molecular complexity index is 3220. The van der Waals surface area contributed by atoms with Gasteiger partial charge in [-0.1, -0.05) is 67.1 Å². The molecule has 31 heteroatoms. The third-order valence-corrected chi connectivity index (χ3v) is 16.9. The Kier molecular flexibility index (Phi) is 34.1. The maximum atomic E-state index is 15.1. The number of aromatic nitrogens is 1. The molecule has 0 bridgehead atoms. The van der Waals surface area contributed by atoms with Gasteiger partial charge in [-0.3, -0.25) is 72.3 Å². The second kappa shape index (κ2) is 41.4. The zero-order valence-corrected chi connectivity index (χ0v) is 56.5. The molecule has 0 saturated carbocycles. The van der Waals surface area contributed by atoms with Gasteiger partial charge in [0.15, 0.2) is 0 Å². The van der Waals surface area contributed by atoms with Crippen molar-refractivity contribution in [2.24, 2.45) is 5.73 Å². The number of phenols is 1.